The Bertz CT molecular complexity index is 482. The van der Waals surface area contributed by atoms with Crippen molar-refractivity contribution in [2.24, 2.45) is 0 Å². The van der Waals surface area contributed by atoms with Crippen LogP contribution < -0.4 is 0 Å². The van der Waals surface area contributed by atoms with Gasteiger partial charge in [-0.2, -0.15) is 0 Å². The van der Waals surface area contributed by atoms with Crippen LogP contribution in [0.15, 0.2) is 28.7 Å². The third kappa shape index (κ3) is 1.27. The summed E-state index contributed by atoms with van der Waals surface area (Å²) in [6, 6.07) is 7.00. The molecule has 0 unspecified atom stereocenters. The van der Waals surface area contributed by atoms with E-state index in [0.717, 1.165) is 17.6 Å². The second kappa shape index (κ2) is 3.18. The summed E-state index contributed by atoms with van der Waals surface area (Å²) >= 11 is 0. The van der Waals surface area contributed by atoms with Crippen LogP contribution in [0.25, 0.3) is 11.0 Å². The standard InChI is InChI=1S/C11H10O3/c1-2-8-6-7-4-3-5-9(11(12)13)10(7)14-8/h3-6H,2H2,1H3,(H,12,13). The minimum Gasteiger partial charge on any atom is -0.478 e. The molecule has 3 nitrogen and oxygen atoms in total. The number of carboxylic acids is 1. The van der Waals surface area contributed by atoms with E-state index in [0.29, 0.717) is 5.58 Å². The van der Waals surface area contributed by atoms with Crippen molar-refractivity contribution < 1.29 is 14.3 Å². The molecule has 0 aliphatic heterocycles. The number of hydrogen-bond acceptors (Lipinski definition) is 2. The third-order valence-electron chi connectivity index (χ3n) is 2.17. The van der Waals surface area contributed by atoms with Gasteiger partial charge in [0, 0.05) is 11.8 Å². The lowest BCUT2D eigenvalue weighted by molar-refractivity contribution is 0.0698. The highest BCUT2D eigenvalue weighted by Crippen LogP contribution is 2.23. The molecule has 0 saturated carbocycles. The van der Waals surface area contributed by atoms with Gasteiger partial charge < -0.3 is 9.52 Å². The van der Waals surface area contributed by atoms with Gasteiger partial charge >= 0.3 is 5.97 Å². The molecule has 0 fully saturated rings. The average Bonchev–Trinajstić information content (AvgIpc) is 2.59. The second-order valence-corrected chi connectivity index (χ2v) is 3.10. The maximum Gasteiger partial charge on any atom is 0.339 e. The predicted octanol–water partition coefficient (Wildman–Crippen LogP) is 2.69. The topological polar surface area (TPSA) is 50.4 Å². The largest absolute Gasteiger partial charge is 0.478 e. The zero-order valence-corrected chi connectivity index (χ0v) is 7.78. The van der Waals surface area contributed by atoms with E-state index >= 15 is 0 Å². The minimum absolute atomic E-state index is 0.224. The quantitative estimate of drug-likeness (QED) is 0.792. The fourth-order valence-electron chi connectivity index (χ4n) is 1.46. The molecule has 1 heterocycles. The molecule has 0 bridgehead atoms. The Hall–Kier alpha value is -1.77. The second-order valence-electron chi connectivity index (χ2n) is 3.10. The van der Waals surface area contributed by atoms with Crippen LogP contribution in [-0.4, -0.2) is 11.1 Å². The zero-order valence-electron chi connectivity index (χ0n) is 7.78. The van der Waals surface area contributed by atoms with Gasteiger partial charge in [-0.15, -0.1) is 0 Å². The van der Waals surface area contributed by atoms with Gasteiger partial charge in [-0.25, -0.2) is 4.79 Å². The molecule has 2 rings (SSSR count). The molecular formula is C11H10O3. The van der Waals surface area contributed by atoms with Gasteiger partial charge in [-0.05, 0) is 12.1 Å². The average molecular weight is 190 g/mol. The number of para-hydroxylation sites is 1. The molecule has 2 aromatic rings. The van der Waals surface area contributed by atoms with E-state index < -0.39 is 5.97 Å². The monoisotopic (exact) mass is 190 g/mol. The molecule has 0 radical (unpaired) electrons. The summed E-state index contributed by atoms with van der Waals surface area (Å²) in [4.78, 5) is 10.9. The summed E-state index contributed by atoms with van der Waals surface area (Å²) < 4.78 is 5.43. The summed E-state index contributed by atoms with van der Waals surface area (Å²) in [5.74, 6) is -0.138. The summed E-state index contributed by atoms with van der Waals surface area (Å²) in [7, 11) is 0. The number of rotatable bonds is 2. The summed E-state index contributed by atoms with van der Waals surface area (Å²) in [6.07, 6.45) is 0.772. The van der Waals surface area contributed by atoms with Crippen LogP contribution in [0.4, 0.5) is 0 Å². The van der Waals surface area contributed by atoms with Gasteiger partial charge in [0.05, 0.1) is 0 Å². The van der Waals surface area contributed by atoms with Crippen LogP contribution in [0.2, 0.25) is 0 Å². The van der Waals surface area contributed by atoms with Crippen LogP contribution in [-0.2, 0) is 6.42 Å². The van der Waals surface area contributed by atoms with E-state index in [4.69, 9.17) is 9.52 Å². The van der Waals surface area contributed by atoms with Gasteiger partial charge in [-0.3, -0.25) is 0 Å². The highest BCUT2D eigenvalue weighted by atomic mass is 16.4. The molecule has 0 saturated heterocycles. The molecule has 1 aromatic heterocycles. The Labute approximate surface area is 81.0 Å². The molecule has 0 amide bonds. The van der Waals surface area contributed by atoms with Crippen molar-refractivity contribution in [2.75, 3.05) is 0 Å². The van der Waals surface area contributed by atoms with Gasteiger partial charge in [0.1, 0.15) is 16.9 Å². The highest BCUT2D eigenvalue weighted by molar-refractivity contribution is 6.01. The van der Waals surface area contributed by atoms with Crippen molar-refractivity contribution in [3.63, 3.8) is 0 Å². The van der Waals surface area contributed by atoms with Crippen LogP contribution >= 0.6 is 0 Å². The van der Waals surface area contributed by atoms with Crippen molar-refractivity contribution in [3.8, 4) is 0 Å². The molecule has 0 aliphatic carbocycles. The number of carbonyl (C=O) groups is 1. The van der Waals surface area contributed by atoms with Crippen LogP contribution in [0, 0.1) is 0 Å². The number of carboxylic acid groups (broad SMARTS) is 1. The van der Waals surface area contributed by atoms with Crippen molar-refractivity contribution in [2.45, 2.75) is 13.3 Å². The predicted molar refractivity (Wildman–Crippen MR) is 52.6 cm³/mol. The lowest BCUT2D eigenvalue weighted by Crippen LogP contribution is -1.95. The molecule has 72 valence electrons. The first-order valence-electron chi connectivity index (χ1n) is 4.47. The lowest BCUT2D eigenvalue weighted by atomic mass is 10.1. The number of fused-ring (bicyclic) bond motifs is 1. The first-order chi connectivity index (χ1) is 6.72. The van der Waals surface area contributed by atoms with Crippen LogP contribution in [0.1, 0.15) is 23.0 Å². The maximum absolute atomic E-state index is 10.9. The molecular weight excluding hydrogens is 180 g/mol. The zero-order chi connectivity index (χ0) is 10.1. The van der Waals surface area contributed by atoms with Crippen LogP contribution in [0.5, 0.6) is 0 Å². The van der Waals surface area contributed by atoms with E-state index in [1.54, 1.807) is 12.1 Å². The molecule has 3 heteroatoms. The fraction of sp³-hybridized carbons (Fsp3) is 0.182. The summed E-state index contributed by atoms with van der Waals surface area (Å²) in [6.45, 7) is 1.97. The fourth-order valence-corrected chi connectivity index (χ4v) is 1.46. The Morgan fingerprint density at radius 2 is 2.29 bits per heavy atom. The van der Waals surface area contributed by atoms with E-state index in [-0.39, 0.29) is 5.56 Å². The van der Waals surface area contributed by atoms with Crippen molar-refractivity contribution in [1.29, 1.82) is 0 Å². The van der Waals surface area contributed by atoms with E-state index in [2.05, 4.69) is 0 Å². The Morgan fingerprint density at radius 1 is 1.50 bits per heavy atom. The highest BCUT2D eigenvalue weighted by Gasteiger charge is 2.11. The SMILES string of the molecule is CCc1cc2cccc(C(=O)O)c2o1. The Kier molecular flexibility index (Phi) is 2.00. The number of hydrogen-bond donors (Lipinski definition) is 1. The number of furan rings is 1. The number of benzene rings is 1. The first-order valence-corrected chi connectivity index (χ1v) is 4.47. The molecule has 0 aliphatic rings. The normalized spacial score (nSPS) is 10.6. The summed E-state index contributed by atoms with van der Waals surface area (Å²) in [5.41, 5.74) is 0.694. The van der Waals surface area contributed by atoms with Crippen molar-refractivity contribution >= 4 is 16.9 Å². The number of aryl methyl sites for hydroxylation is 1. The Balaban J connectivity index is 2.73. The van der Waals surface area contributed by atoms with E-state index in [1.807, 2.05) is 19.1 Å². The molecule has 0 atom stereocenters. The molecule has 0 spiro atoms. The van der Waals surface area contributed by atoms with E-state index in [9.17, 15) is 4.79 Å². The van der Waals surface area contributed by atoms with E-state index in [1.165, 1.54) is 0 Å². The number of aromatic carboxylic acids is 1. The molecule has 1 N–H and O–H groups in total. The van der Waals surface area contributed by atoms with Gasteiger partial charge in [0.25, 0.3) is 0 Å². The van der Waals surface area contributed by atoms with Crippen molar-refractivity contribution in [3.05, 3.63) is 35.6 Å². The smallest absolute Gasteiger partial charge is 0.339 e. The van der Waals surface area contributed by atoms with Gasteiger partial charge in [0.15, 0.2) is 0 Å². The van der Waals surface area contributed by atoms with Crippen LogP contribution in [0.3, 0.4) is 0 Å². The van der Waals surface area contributed by atoms with Crippen molar-refractivity contribution in [1.82, 2.24) is 0 Å². The first kappa shape index (κ1) is 8.81. The third-order valence-corrected chi connectivity index (χ3v) is 2.17. The summed E-state index contributed by atoms with van der Waals surface area (Å²) in [5, 5.41) is 9.75. The molecule has 1 aromatic carbocycles. The molecule has 14 heavy (non-hydrogen) atoms. The Morgan fingerprint density at radius 3 is 2.93 bits per heavy atom. The van der Waals surface area contributed by atoms with Gasteiger partial charge in [0.2, 0.25) is 0 Å². The van der Waals surface area contributed by atoms with Gasteiger partial charge in [-0.1, -0.05) is 19.1 Å². The lowest BCUT2D eigenvalue weighted by Gasteiger charge is -1.94. The minimum atomic E-state index is -0.951. The maximum atomic E-state index is 10.9.